The molecule has 24 heavy (non-hydrogen) atoms. The molecule has 130 valence electrons. The molecular formula is C16H19F3N4O. The molecule has 1 N–H and O–H groups in total. The summed E-state index contributed by atoms with van der Waals surface area (Å²) in [5.74, 6) is 0.222. The molecule has 0 spiro atoms. The molecule has 0 amide bonds. The van der Waals surface area contributed by atoms with Crippen molar-refractivity contribution in [1.29, 1.82) is 0 Å². The normalized spacial score (nSPS) is 22.4. The van der Waals surface area contributed by atoms with Crippen LogP contribution in [-0.2, 0) is 6.30 Å². The van der Waals surface area contributed by atoms with E-state index in [2.05, 4.69) is 10.1 Å². The van der Waals surface area contributed by atoms with Crippen LogP contribution in [0.1, 0.15) is 50.3 Å². The maximum atomic E-state index is 13.0. The van der Waals surface area contributed by atoms with E-state index in [4.69, 9.17) is 0 Å². The van der Waals surface area contributed by atoms with Crippen molar-refractivity contribution in [1.82, 2.24) is 19.3 Å². The average Bonchev–Trinajstić information content (AvgIpc) is 3.22. The lowest BCUT2D eigenvalue weighted by Crippen LogP contribution is -2.26. The second-order valence-corrected chi connectivity index (χ2v) is 6.74. The zero-order valence-corrected chi connectivity index (χ0v) is 13.1. The molecule has 1 fully saturated rings. The lowest BCUT2D eigenvalue weighted by Gasteiger charge is -2.28. The Kier molecular flexibility index (Phi) is 3.67. The van der Waals surface area contributed by atoms with Crippen molar-refractivity contribution in [2.24, 2.45) is 5.92 Å². The van der Waals surface area contributed by atoms with Gasteiger partial charge in [0.1, 0.15) is 0 Å². The van der Waals surface area contributed by atoms with Gasteiger partial charge in [0.05, 0.1) is 36.1 Å². The van der Waals surface area contributed by atoms with Gasteiger partial charge >= 0.3 is 6.30 Å². The Hall–Kier alpha value is -1.83. The number of alkyl halides is 3. The van der Waals surface area contributed by atoms with Gasteiger partial charge in [0.25, 0.3) is 0 Å². The van der Waals surface area contributed by atoms with E-state index in [-0.39, 0.29) is 10.6 Å². The summed E-state index contributed by atoms with van der Waals surface area (Å²) in [6, 6.07) is -0.391. The fourth-order valence-electron chi connectivity index (χ4n) is 4.02. The first-order valence-corrected chi connectivity index (χ1v) is 8.32. The highest BCUT2D eigenvalue weighted by atomic mass is 19.4. The predicted octanol–water partition coefficient (Wildman–Crippen LogP) is 3.46. The van der Waals surface area contributed by atoms with Crippen molar-refractivity contribution >= 4 is 0 Å². The molecule has 2 aromatic heterocycles. The lowest BCUT2D eigenvalue weighted by atomic mass is 9.83. The quantitative estimate of drug-likeness (QED) is 0.931. The molecule has 1 aliphatic heterocycles. The third-order valence-corrected chi connectivity index (χ3v) is 5.25. The summed E-state index contributed by atoms with van der Waals surface area (Å²) >= 11 is 0. The minimum Gasteiger partial charge on any atom is -0.393 e. The number of hydrogen-bond donors (Lipinski definition) is 1. The second kappa shape index (κ2) is 5.61. The van der Waals surface area contributed by atoms with Crippen molar-refractivity contribution in [2.75, 3.05) is 0 Å². The number of nitrogens with zero attached hydrogens (tertiary/aromatic N) is 4. The molecule has 0 aromatic carbocycles. The van der Waals surface area contributed by atoms with E-state index < -0.39 is 18.4 Å². The summed E-state index contributed by atoms with van der Waals surface area (Å²) in [5, 5.41) is 14.4. The number of imidazole rings is 1. The Morgan fingerprint density at radius 2 is 2.00 bits per heavy atom. The van der Waals surface area contributed by atoms with Crippen LogP contribution in [0.4, 0.5) is 13.2 Å². The van der Waals surface area contributed by atoms with Gasteiger partial charge in [0, 0.05) is 18.2 Å². The first kappa shape index (κ1) is 15.7. The number of aliphatic hydroxyl groups is 1. The molecule has 1 aliphatic carbocycles. The SMILES string of the molecule is O[C@H](C[C@H]1c2nn(C(F)(F)F)cc2-c2cncn21)C1CCCCC1. The average molecular weight is 340 g/mol. The van der Waals surface area contributed by atoms with Crippen molar-refractivity contribution in [3.8, 4) is 11.3 Å². The molecule has 0 radical (unpaired) electrons. The maximum absolute atomic E-state index is 13.0. The van der Waals surface area contributed by atoms with Crippen LogP contribution in [0.25, 0.3) is 11.3 Å². The number of rotatable bonds is 3. The Bertz CT molecular complexity index is 730. The fourth-order valence-corrected chi connectivity index (χ4v) is 4.02. The minimum absolute atomic E-state index is 0.0498. The Balaban J connectivity index is 1.63. The molecule has 2 atom stereocenters. The molecule has 8 heteroatoms. The topological polar surface area (TPSA) is 55.9 Å². The van der Waals surface area contributed by atoms with E-state index in [1.807, 2.05) is 4.57 Å². The predicted molar refractivity (Wildman–Crippen MR) is 80.1 cm³/mol. The number of aliphatic hydroxyl groups excluding tert-OH is 1. The summed E-state index contributed by atoms with van der Waals surface area (Å²) < 4.78 is 40.7. The third-order valence-electron chi connectivity index (χ3n) is 5.25. The van der Waals surface area contributed by atoms with E-state index in [1.54, 1.807) is 12.5 Å². The van der Waals surface area contributed by atoms with E-state index >= 15 is 0 Å². The van der Waals surface area contributed by atoms with Gasteiger partial charge in [-0.25, -0.2) is 4.98 Å². The van der Waals surface area contributed by atoms with Crippen LogP contribution >= 0.6 is 0 Å². The van der Waals surface area contributed by atoms with Crippen LogP contribution in [0.15, 0.2) is 18.7 Å². The largest absolute Gasteiger partial charge is 0.504 e. The zero-order valence-electron chi connectivity index (χ0n) is 13.1. The highest BCUT2D eigenvalue weighted by molar-refractivity contribution is 5.66. The summed E-state index contributed by atoms with van der Waals surface area (Å²) in [6.45, 7) is 0. The van der Waals surface area contributed by atoms with Crippen LogP contribution in [0, 0.1) is 5.92 Å². The number of fused-ring (bicyclic) bond motifs is 3. The Morgan fingerprint density at radius 3 is 2.71 bits per heavy atom. The maximum Gasteiger partial charge on any atom is 0.504 e. The second-order valence-electron chi connectivity index (χ2n) is 6.74. The van der Waals surface area contributed by atoms with E-state index in [0.717, 1.165) is 31.9 Å². The monoisotopic (exact) mass is 340 g/mol. The molecule has 0 bridgehead atoms. The lowest BCUT2D eigenvalue weighted by molar-refractivity contribution is -0.212. The van der Waals surface area contributed by atoms with E-state index in [0.29, 0.717) is 23.4 Å². The van der Waals surface area contributed by atoms with Crippen LogP contribution in [0.3, 0.4) is 0 Å². The van der Waals surface area contributed by atoms with Crippen LogP contribution in [-0.4, -0.2) is 30.5 Å². The zero-order chi connectivity index (χ0) is 16.9. The van der Waals surface area contributed by atoms with Gasteiger partial charge in [-0.2, -0.15) is 9.78 Å². The molecule has 4 rings (SSSR count). The van der Waals surface area contributed by atoms with Gasteiger partial charge in [0.2, 0.25) is 0 Å². The smallest absolute Gasteiger partial charge is 0.393 e. The highest BCUT2D eigenvalue weighted by Crippen LogP contribution is 2.43. The fraction of sp³-hybridized carbons (Fsp3) is 0.625. The minimum atomic E-state index is -4.54. The van der Waals surface area contributed by atoms with Gasteiger partial charge in [-0.3, -0.25) is 0 Å². The van der Waals surface area contributed by atoms with Crippen molar-refractivity contribution < 1.29 is 18.3 Å². The molecule has 1 saturated carbocycles. The van der Waals surface area contributed by atoms with Crippen molar-refractivity contribution in [3.63, 3.8) is 0 Å². The molecular weight excluding hydrogens is 321 g/mol. The molecule has 2 aromatic rings. The number of aromatic nitrogens is 4. The summed E-state index contributed by atoms with van der Waals surface area (Å²) in [5.41, 5.74) is 1.45. The Labute approximate surface area is 137 Å². The molecule has 2 aliphatic rings. The highest BCUT2D eigenvalue weighted by Gasteiger charge is 2.39. The van der Waals surface area contributed by atoms with Gasteiger partial charge in [-0.1, -0.05) is 19.3 Å². The molecule has 0 unspecified atom stereocenters. The standard InChI is InChI=1S/C16H19F3N4O/c17-16(18,19)23-8-11-13-7-20-9-22(13)12(15(11)21-23)6-14(24)10-4-2-1-3-5-10/h7-10,12,14,24H,1-6H2/t12-,14+/m0/s1. The third kappa shape index (κ3) is 2.53. The van der Waals surface area contributed by atoms with Crippen LogP contribution < -0.4 is 0 Å². The molecule has 0 saturated heterocycles. The summed E-state index contributed by atoms with van der Waals surface area (Å²) in [4.78, 5) is 4.05. The molecule has 3 heterocycles. The summed E-state index contributed by atoms with van der Waals surface area (Å²) in [7, 11) is 0. The van der Waals surface area contributed by atoms with Crippen LogP contribution in [0.2, 0.25) is 0 Å². The number of hydrogen-bond acceptors (Lipinski definition) is 3. The first-order chi connectivity index (χ1) is 11.4. The van der Waals surface area contributed by atoms with E-state index in [1.165, 1.54) is 6.42 Å². The van der Waals surface area contributed by atoms with Gasteiger partial charge < -0.3 is 9.67 Å². The first-order valence-electron chi connectivity index (χ1n) is 8.32. The molecule has 5 nitrogen and oxygen atoms in total. The van der Waals surface area contributed by atoms with Gasteiger partial charge in [0.15, 0.2) is 0 Å². The van der Waals surface area contributed by atoms with Crippen LogP contribution in [0.5, 0.6) is 0 Å². The van der Waals surface area contributed by atoms with Gasteiger partial charge in [-0.15, -0.1) is 13.2 Å². The van der Waals surface area contributed by atoms with E-state index in [9.17, 15) is 18.3 Å². The number of halogens is 3. The van der Waals surface area contributed by atoms with Crippen molar-refractivity contribution in [2.45, 2.75) is 57.0 Å². The van der Waals surface area contributed by atoms with Crippen molar-refractivity contribution in [3.05, 3.63) is 24.4 Å². The van der Waals surface area contributed by atoms with Gasteiger partial charge in [-0.05, 0) is 18.8 Å². The Morgan fingerprint density at radius 1 is 1.25 bits per heavy atom. The summed E-state index contributed by atoms with van der Waals surface area (Å²) in [6.07, 6.45) is 4.83.